The summed E-state index contributed by atoms with van der Waals surface area (Å²) in [6.45, 7) is 0.109. The van der Waals surface area contributed by atoms with Gasteiger partial charge in [-0.15, -0.1) is 0 Å². The molecule has 1 N–H and O–H groups in total. The Hall–Kier alpha value is -3.68. The first-order chi connectivity index (χ1) is 13.6. The number of hydrogen-bond donors (Lipinski definition) is 1. The molecule has 1 aliphatic carbocycles. The average Bonchev–Trinajstić information content (AvgIpc) is 3.16. The molecule has 1 aliphatic heterocycles. The molecule has 0 saturated carbocycles. The lowest BCUT2D eigenvalue weighted by Crippen LogP contribution is -2.18. The average molecular weight is 383 g/mol. The Morgan fingerprint density at radius 3 is 2.32 bits per heavy atom. The first-order valence-corrected chi connectivity index (χ1v) is 8.34. The van der Waals surface area contributed by atoms with E-state index in [0.29, 0.717) is 39.7 Å². The van der Waals surface area contributed by atoms with Gasteiger partial charge in [0.25, 0.3) is 0 Å². The lowest BCUT2D eigenvalue weighted by atomic mass is 9.85. The van der Waals surface area contributed by atoms with Crippen LogP contribution in [0.4, 0.5) is 0 Å². The molecule has 2 aromatic rings. The van der Waals surface area contributed by atoms with Gasteiger partial charge in [-0.2, -0.15) is 0 Å². The van der Waals surface area contributed by atoms with Crippen LogP contribution in [-0.4, -0.2) is 44.7 Å². The van der Waals surface area contributed by atoms with Crippen LogP contribution in [0.25, 0.3) is 5.57 Å². The number of benzene rings is 2. The minimum absolute atomic E-state index is 0.109. The predicted octanol–water partition coefficient (Wildman–Crippen LogP) is 2.77. The van der Waals surface area contributed by atoms with E-state index in [1.807, 2.05) is 0 Å². The number of methoxy groups -OCH3 is 2. The first kappa shape index (κ1) is 17.7. The number of allylic oxidation sites excluding steroid dienone is 2. The number of carbonyl (C=O) groups is 1. The molecule has 1 heterocycles. The summed E-state index contributed by atoms with van der Waals surface area (Å²) < 4.78 is 21.5. The number of oxime groups is 1. The van der Waals surface area contributed by atoms with Crippen LogP contribution in [0.15, 0.2) is 35.5 Å². The topological polar surface area (TPSA) is 95.8 Å². The predicted molar refractivity (Wildman–Crippen MR) is 99.6 cm³/mol. The van der Waals surface area contributed by atoms with Crippen LogP contribution < -0.4 is 18.9 Å². The molecule has 0 fully saturated rings. The summed E-state index contributed by atoms with van der Waals surface area (Å²) in [5.74, 6) is 1.37. The molecule has 144 valence electrons. The highest BCUT2D eigenvalue weighted by Gasteiger charge is 2.30. The molecule has 8 nitrogen and oxygen atoms in total. The van der Waals surface area contributed by atoms with E-state index in [1.165, 1.54) is 33.5 Å². The van der Waals surface area contributed by atoms with Crippen molar-refractivity contribution in [3.63, 3.8) is 0 Å². The Labute approximate surface area is 160 Å². The highest BCUT2D eigenvalue weighted by atomic mass is 16.7. The summed E-state index contributed by atoms with van der Waals surface area (Å²) >= 11 is 0. The van der Waals surface area contributed by atoms with Crippen molar-refractivity contribution in [2.75, 3.05) is 28.1 Å². The molecule has 28 heavy (non-hydrogen) atoms. The molecular weight excluding hydrogens is 366 g/mol. The van der Waals surface area contributed by atoms with E-state index in [4.69, 9.17) is 23.8 Å². The van der Waals surface area contributed by atoms with Crippen molar-refractivity contribution in [2.24, 2.45) is 5.16 Å². The molecule has 0 bridgehead atoms. The summed E-state index contributed by atoms with van der Waals surface area (Å²) in [5, 5.41) is 14.2. The maximum atomic E-state index is 12.8. The number of phenolic OH excluding ortho intramolecular Hbond substituents is 1. The van der Waals surface area contributed by atoms with Crippen LogP contribution in [0, 0.1) is 0 Å². The van der Waals surface area contributed by atoms with Crippen LogP contribution in [0.3, 0.4) is 0 Å². The second-order valence-electron chi connectivity index (χ2n) is 6.02. The zero-order valence-corrected chi connectivity index (χ0v) is 15.4. The van der Waals surface area contributed by atoms with Gasteiger partial charge in [-0.05, 0) is 24.3 Å². The van der Waals surface area contributed by atoms with Gasteiger partial charge in [0.2, 0.25) is 6.79 Å². The molecule has 0 amide bonds. The number of phenols is 1. The normalized spacial score (nSPS) is 15.9. The second-order valence-corrected chi connectivity index (χ2v) is 6.02. The van der Waals surface area contributed by atoms with E-state index in [2.05, 4.69) is 5.16 Å². The third-order valence-electron chi connectivity index (χ3n) is 4.54. The molecule has 0 spiro atoms. The number of ether oxygens (including phenoxy) is 4. The zero-order valence-electron chi connectivity index (χ0n) is 15.4. The van der Waals surface area contributed by atoms with Crippen LogP contribution in [0.2, 0.25) is 0 Å². The van der Waals surface area contributed by atoms with E-state index in [-0.39, 0.29) is 29.6 Å². The largest absolute Gasteiger partial charge is 0.504 e. The molecule has 0 unspecified atom stereocenters. The molecule has 2 aromatic carbocycles. The Bertz CT molecular complexity index is 1040. The Morgan fingerprint density at radius 1 is 0.929 bits per heavy atom. The van der Waals surface area contributed by atoms with Crippen molar-refractivity contribution in [2.45, 2.75) is 0 Å². The van der Waals surface area contributed by atoms with Crippen molar-refractivity contribution in [1.82, 2.24) is 0 Å². The molecule has 8 heteroatoms. The van der Waals surface area contributed by atoms with Gasteiger partial charge in [0.1, 0.15) is 18.6 Å². The molecule has 0 atom stereocenters. The summed E-state index contributed by atoms with van der Waals surface area (Å²) in [7, 11) is 4.36. The standard InChI is InChI=1S/C20H17NO7/c1-24-16-8-19-18(27-9-28-19)6-11(16)12-5-14(22)10-4-15(23)17(25-2)7-13(10)20(12)21-26-3/h4-8,23H,9H2,1-3H3/b21-20+. The number of carbonyl (C=O) groups excluding carboxylic acids is 1. The van der Waals surface area contributed by atoms with Crippen LogP contribution in [-0.2, 0) is 4.84 Å². The van der Waals surface area contributed by atoms with Gasteiger partial charge in [-0.3, -0.25) is 4.79 Å². The number of ketones is 1. The molecule has 2 aliphatic rings. The number of fused-ring (bicyclic) bond motifs is 2. The van der Waals surface area contributed by atoms with Crippen molar-refractivity contribution < 1.29 is 33.7 Å². The lowest BCUT2D eigenvalue weighted by molar-refractivity contribution is 0.104. The van der Waals surface area contributed by atoms with Crippen molar-refractivity contribution in [3.05, 3.63) is 47.0 Å². The minimum Gasteiger partial charge on any atom is -0.504 e. The maximum absolute atomic E-state index is 12.8. The summed E-state index contributed by atoms with van der Waals surface area (Å²) in [6.07, 6.45) is 1.42. The van der Waals surface area contributed by atoms with Crippen LogP contribution in [0.5, 0.6) is 28.7 Å². The number of aromatic hydroxyl groups is 1. The molecule has 4 rings (SSSR count). The highest BCUT2D eigenvalue weighted by molar-refractivity contribution is 6.41. The Kier molecular flexibility index (Phi) is 4.31. The molecule has 0 aromatic heterocycles. The summed E-state index contributed by atoms with van der Waals surface area (Å²) in [5.41, 5.74) is 2.24. The van der Waals surface area contributed by atoms with Gasteiger partial charge in [0, 0.05) is 28.3 Å². The maximum Gasteiger partial charge on any atom is 0.231 e. The fourth-order valence-electron chi connectivity index (χ4n) is 3.25. The number of rotatable bonds is 4. The SMILES string of the molecule is CO/N=C1\C(c2cc3c(cc2OC)OCO3)=CC(=O)c2cc(O)c(OC)cc21. The fourth-order valence-corrected chi connectivity index (χ4v) is 3.25. The quantitative estimate of drug-likeness (QED) is 0.811. The molecular formula is C20H17NO7. The van der Waals surface area contributed by atoms with Gasteiger partial charge < -0.3 is 28.9 Å². The highest BCUT2D eigenvalue weighted by Crippen LogP contribution is 2.43. The van der Waals surface area contributed by atoms with E-state index < -0.39 is 0 Å². The Morgan fingerprint density at radius 2 is 1.64 bits per heavy atom. The van der Waals surface area contributed by atoms with Gasteiger partial charge in [-0.25, -0.2) is 0 Å². The van der Waals surface area contributed by atoms with Crippen LogP contribution in [0.1, 0.15) is 21.5 Å². The fraction of sp³-hybridized carbons (Fsp3) is 0.200. The van der Waals surface area contributed by atoms with E-state index in [1.54, 1.807) is 18.2 Å². The summed E-state index contributed by atoms with van der Waals surface area (Å²) in [4.78, 5) is 17.8. The molecule has 0 saturated heterocycles. The lowest BCUT2D eigenvalue weighted by Gasteiger charge is -2.21. The number of nitrogens with zero attached hydrogens (tertiary/aromatic N) is 1. The van der Waals surface area contributed by atoms with E-state index >= 15 is 0 Å². The number of hydrogen-bond acceptors (Lipinski definition) is 8. The Balaban J connectivity index is 1.94. The third-order valence-corrected chi connectivity index (χ3v) is 4.54. The first-order valence-electron chi connectivity index (χ1n) is 8.34. The monoisotopic (exact) mass is 383 g/mol. The van der Waals surface area contributed by atoms with Crippen molar-refractivity contribution >= 4 is 17.1 Å². The van der Waals surface area contributed by atoms with E-state index in [0.717, 1.165) is 0 Å². The van der Waals surface area contributed by atoms with Gasteiger partial charge in [-0.1, -0.05) is 5.16 Å². The van der Waals surface area contributed by atoms with E-state index in [9.17, 15) is 9.90 Å². The van der Waals surface area contributed by atoms with Crippen LogP contribution >= 0.6 is 0 Å². The van der Waals surface area contributed by atoms with Gasteiger partial charge in [0.05, 0.1) is 14.2 Å². The minimum atomic E-state index is -0.294. The third kappa shape index (κ3) is 2.70. The van der Waals surface area contributed by atoms with Crippen molar-refractivity contribution in [3.8, 4) is 28.7 Å². The smallest absolute Gasteiger partial charge is 0.231 e. The van der Waals surface area contributed by atoms with Crippen molar-refractivity contribution in [1.29, 1.82) is 0 Å². The van der Waals surface area contributed by atoms with Gasteiger partial charge in [0.15, 0.2) is 28.8 Å². The summed E-state index contributed by atoms with van der Waals surface area (Å²) in [6, 6.07) is 6.33. The molecule has 0 radical (unpaired) electrons. The van der Waals surface area contributed by atoms with Gasteiger partial charge >= 0.3 is 0 Å². The zero-order chi connectivity index (χ0) is 19.8. The second kappa shape index (κ2) is 6.80.